The smallest absolute Gasteiger partial charge is 0.232 e. The molecular weight excluding hydrogens is 274 g/mol. The van der Waals surface area contributed by atoms with Crippen molar-refractivity contribution in [1.29, 1.82) is 0 Å². The van der Waals surface area contributed by atoms with E-state index in [1.807, 2.05) is 18.2 Å². The van der Waals surface area contributed by atoms with Crippen LogP contribution < -0.4 is 0 Å². The van der Waals surface area contributed by atoms with Crippen LogP contribution in [0, 0.1) is 0 Å². The van der Waals surface area contributed by atoms with Gasteiger partial charge in [0.25, 0.3) is 0 Å². The van der Waals surface area contributed by atoms with Gasteiger partial charge in [0.1, 0.15) is 0 Å². The van der Waals surface area contributed by atoms with E-state index >= 15 is 0 Å². The second kappa shape index (κ2) is 4.90. The van der Waals surface area contributed by atoms with Gasteiger partial charge in [-0.05, 0) is 23.6 Å². The lowest BCUT2D eigenvalue weighted by molar-refractivity contribution is 0.447. The quantitative estimate of drug-likeness (QED) is 0.811. The molecule has 0 unspecified atom stereocenters. The van der Waals surface area contributed by atoms with Gasteiger partial charge in [-0.2, -0.15) is 0 Å². The van der Waals surface area contributed by atoms with Gasteiger partial charge in [0.05, 0.1) is 11.4 Å². The number of benzene rings is 1. The maximum Gasteiger partial charge on any atom is 0.232 e. The Kier molecular flexibility index (Phi) is 3.64. The SMILES string of the molecule is CC(C)c1ccc2onc(CCS(=O)(=O)Cl)c2c1. The fourth-order valence-corrected chi connectivity index (χ4v) is 2.43. The molecule has 98 valence electrons. The fourth-order valence-electron chi connectivity index (χ4n) is 1.76. The zero-order valence-corrected chi connectivity index (χ0v) is 11.8. The Morgan fingerprint density at radius 1 is 1.39 bits per heavy atom. The number of hydrogen-bond donors (Lipinski definition) is 0. The van der Waals surface area contributed by atoms with Crippen molar-refractivity contribution < 1.29 is 12.9 Å². The van der Waals surface area contributed by atoms with Crippen LogP contribution in [-0.2, 0) is 15.5 Å². The zero-order chi connectivity index (χ0) is 13.3. The molecule has 0 bridgehead atoms. The molecule has 0 aliphatic carbocycles. The Balaban J connectivity index is 2.36. The highest BCUT2D eigenvalue weighted by atomic mass is 35.7. The van der Waals surface area contributed by atoms with Crippen LogP contribution >= 0.6 is 10.7 Å². The molecule has 1 aromatic carbocycles. The summed E-state index contributed by atoms with van der Waals surface area (Å²) < 4.78 is 27.1. The summed E-state index contributed by atoms with van der Waals surface area (Å²) in [5.41, 5.74) is 2.47. The summed E-state index contributed by atoms with van der Waals surface area (Å²) in [6.45, 7) is 4.19. The minimum Gasteiger partial charge on any atom is -0.356 e. The molecule has 0 N–H and O–H groups in total. The summed E-state index contributed by atoms with van der Waals surface area (Å²) in [5, 5.41) is 4.76. The lowest BCUT2D eigenvalue weighted by Gasteiger charge is -2.04. The molecule has 0 aliphatic rings. The average Bonchev–Trinajstić information content (AvgIpc) is 2.67. The molecule has 0 spiro atoms. The maximum atomic E-state index is 10.9. The van der Waals surface area contributed by atoms with Gasteiger partial charge >= 0.3 is 0 Å². The number of fused-ring (bicyclic) bond motifs is 1. The third-order valence-corrected chi connectivity index (χ3v) is 3.97. The molecule has 0 radical (unpaired) electrons. The van der Waals surface area contributed by atoms with Crippen molar-refractivity contribution >= 4 is 30.7 Å². The van der Waals surface area contributed by atoms with Crippen LogP contribution in [0.1, 0.15) is 31.0 Å². The molecule has 2 rings (SSSR count). The third-order valence-electron chi connectivity index (χ3n) is 2.82. The summed E-state index contributed by atoms with van der Waals surface area (Å²) >= 11 is 0. The molecule has 0 saturated carbocycles. The Morgan fingerprint density at radius 2 is 2.11 bits per heavy atom. The van der Waals surface area contributed by atoms with Gasteiger partial charge < -0.3 is 4.52 Å². The van der Waals surface area contributed by atoms with Gasteiger partial charge in [0, 0.05) is 22.5 Å². The highest BCUT2D eigenvalue weighted by Crippen LogP contribution is 2.24. The van der Waals surface area contributed by atoms with Gasteiger partial charge in [-0.1, -0.05) is 25.1 Å². The van der Waals surface area contributed by atoms with Crippen molar-refractivity contribution in [1.82, 2.24) is 5.16 Å². The maximum absolute atomic E-state index is 10.9. The van der Waals surface area contributed by atoms with Gasteiger partial charge in [-0.3, -0.25) is 0 Å². The van der Waals surface area contributed by atoms with Crippen LogP contribution in [0.4, 0.5) is 0 Å². The monoisotopic (exact) mass is 287 g/mol. The third kappa shape index (κ3) is 3.03. The van der Waals surface area contributed by atoms with Crippen LogP contribution in [0.15, 0.2) is 22.7 Å². The van der Waals surface area contributed by atoms with E-state index in [1.165, 1.54) is 5.56 Å². The second-order valence-electron chi connectivity index (χ2n) is 4.53. The standard InChI is InChI=1S/C12H14ClNO3S/c1-8(2)9-3-4-12-10(7-9)11(14-17-12)5-6-18(13,15)16/h3-4,7-8H,5-6H2,1-2H3. The van der Waals surface area contributed by atoms with Gasteiger partial charge in [-0.25, -0.2) is 8.42 Å². The minimum atomic E-state index is -3.50. The lowest BCUT2D eigenvalue weighted by atomic mass is 10.0. The van der Waals surface area contributed by atoms with Crippen molar-refractivity contribution in [3.63, 3.8) is 0 Å². The largest absolute Gasteiger partial charge is 0.356 e. The van der Waals surface area contributed by atoms with Gasteiger partial charge in [0.15, 0.2) is 5.58 Å². The first kappa shape index (κ1) is 13.4. The van der Waals surface area contributed by atoms with Crippen molar-refractivity contribution in [2.45, 2.75) is 26.2 Å². The Hall–Kier alpha value is -1.07. The summed E-state index contributed by atoms with van der Waals surface area (Å²) in [5.74, 6) is 0.260. The zero-order valence-electron chi connectivity index (χ0n) is 10.2. The first-order chi connectivity index (χ1) is 8.37. The Bertz CT molecular complexity index is 661. The molecule has 2 aromatic rings. The fraction of sp³-hybridized carbons (Fsp3) is 0.417. The molecule has 0 saturated heterocycles. The summed E-state index contributed by atoms with van der Waals surface area (Å²) in [7, 11) is 1.69. The van der Waals surface area contributed by atoms with Gasteiger partial charge in [-0.15, -0.1) is 0 Å². The number of aryl methyl sites for hydroxylation is 1. The van der Waals surface area contributed by atoms with Crippen LogP contribution in [0.3, 0.4) is 0 Å². The van der Waals surface area contributed by atoms with Crippen LogP contribution in [-0.4, -0.2) is 19.3 Å². The Labute approximate surface area is 110 Å². The molecule has 0 atom stereocenters. The molecule has 0 amide bonds. The summed E-state index contributed by atoms with van der Waals surface area (Å²) in [6.07, 6.45) is 0.264. The first-order valence-electron chi connectivity index (χ1n) is 5.67. The number of halogens is 1. The van der Waals surface area contributed by atoms with E-state index in [2.05, 4.69) is 19.0 Å². The van der Waals surface area contributed by atoms with Crippen LogP contribution in [0.5, 0.6) is 0 Å². The van der Waals surface area contributed by atoms with Crippen molar-refractivity contribution in [3.8, 4) is 0 Å². The second-order valence-corrected chi connectivity index (χ2v) is 7.43. The van der Waals surface area contributed by atoms with E-state index in [0.717, 1.165) is 5.39 Å². The number of nitrogens with zero attached hydrogens (tertiary/aromatic N) is 1. The molecular formula is C12H14ClNO3S. The molecule has 1 aromatic heterocycles. The van der Waals surface area contributed by atoms with E-state index < -0.39 is 9.05 Å². The van der Waals surface area contributed by atoms with Crippen molar-refractivity contribution in [2.24, 2.45) is 0 Å². The topological polar surface area (TPSA) is 60.2 Å². The Morgan fingerprint density at radius 3 is 2.72 bits per heavy atom. The van der Waals surface area contributed by atoms with Crippen LogP contribution in [0.2, 0.25) is 0 Å². The number of hydrogen-bond acceptors (Lipinski definition) is 4. The highest BCUT2D eigenvalue weighted by Gasteiger charge is 2.13. The predicted octanol–water partition coefficient (Wildman–Crippen LogP) is 3.06. The van der Waals surface area contributed by atoms with E-state index in [0.29, 0.717) is 17.2 Å². The van der Waals surface area contributed by atoms with E-state index in [1.54, 1.807) is 0 Å². The van der Waals surface area contributed by atoms with E-state index in [-0.39, 0.29) is 12.2 Å². The summed E-state index contributed by atoms with van der Waals surface area (Å²) in [6, 6.07) is 5.84. The number of aromatic nitrogens is 1. The number of rotatable bonds is 4. The lowest BCUT2D eigenvalue weighted by Crippen LogP contribution is -2.01. The van der Waals surface area contributed by atoms with Gasteiger partial charge in [0.2, 0.25) is 9.05 Å². The predicted molar refractivity (Wildman–Crippen MR) is 71.4 cm³/mol. The van der Waals surface area contributed by atoms with Crippen LogP contribution in [0.25, 0.3) is 11.0 Å². The average molecular weight is 288 g/mol. The van der Waals surface area contributed by atoms with Crippen molar-refractivity contribution in [2.75, 3.05) is 5.75 Å². The molecule has 18 heavy (non-hydrogen) atoms. The molecule has 0 aliphatic heterocycles. The highest BCUT2D eigenvalue weighted by molar-refractivity contribution is 8.13. The first-order valence-corrected chi connectivity index (χ1v) is 8.15. The van der Waals surface area contributed by atoms with E-state index in [4.69, 9.17) is 15.2 Å². The van der Waals surface area contributed by atoms with Crippen molar-refractivity contribution in [3.05, 3.63) is 29.5 Å². The molecule has 1 heterocycles. The molecule has 0 fully saturated rings. The van der Waals surface area contributed by atoms with E-state index in [9.17, 15) is 8.42 Å². The minimum absolute atomic E-state index is 0.137. The molecule has 6 heteroatoms. The summed E-state index contributed by atoms with van der Waals surface area (Å²) in [4.78, 5) is 0. The normalized spacial score (nSPS) is 12.4. The molecule has 4 nitrogen and oxygen atoms in total.